The molecular formula is C10H16O3. The van der Waals surface area contributed by atoms with E-state index in [4.69, 9.17) is 9.84 Å². The summed E-state index contributed by atoms with van der Waals surface area (Å²) in [5.41, 5.74) is 0.841. The fourth-order valence-corrected chi connectivity index (χ4v) is 1.38. The van der Waals surface area contributed by atoms with Crippen molar-refractivity contribution in [2.45, 2.75) is 45.3 Å². The third-order valence-corrected chi connectivity index (χ3v) is 2.30. The van der Waals surface area contributed by atoms with E-state index >= 15 is 0 Å². The van der Waals surface area contributed by atoms with E-state index < -0.39 is 17.7 Å². The molecule has 0 bridgehead atoms. The van der Waals surface area contributed by atoms with Crippen molar-refractivity contribution in [1.29, 1.82) is 0 Å². The minimum Gasteiger partial charge on any atom is -0.479 e. The van der Waals surface area contributed by atoms with Gasteiger partial charge in [-0.05, 0) is 33.6 Å². The molecule has 1 aliphatic heterocycles. The Morgan fingerprint density at radius 1 is 1.62 bits per heavy atom. The van der Waals surface area contributed by atoms with Gasteiger partial charge in [-0.25, -0.2) is 4.79 Å². The summed E-state index contributed by atoms with van der Waals surface area (Å²) in [6.45, 7) is 5.92. The lowest BCUT2D eigenvalue weighted by molar-refractivity contribution is -0.138. The van der Waals surface area contributed by atoms with Gasteiger partial charge in [0.1, 0.15) is 5.60 Å². The number of hydrogen-bond acceptors (Lipinski definition) is 2. The molecule has 0 spiro atoms. The van der Waals surface area contributed by atoms with Crippen molar-refractivity contribution < 1.29 is 14.6 Å². The smallest absolute Gasteiger partial charge is 0.335 e. The minimum atomic E-state index is -0.847. The van der Waals surface area contributed by atoms with Crippen LogP contribution in [0.2, 0.25) is 0 Å². The summed E-state index contributed by atoms with van der Waals surface area (Å²) in [6.07, 6.45) is 3.20. The van der Waals surface area contributed by atoms with Crippen LogP contribution in [0.15, 0.2) is 11.6 Å². The molecule has 0 aromatic carbocycles. The largest absolute Gasteiger partial charge is 0.479 e. The highest BCUT2D eigenvalue weighted by Gasteiger charge is 2.56. The molecule has 0 amide bonds. The Labute approximate surface area is 78.4 Å². The van der Waals surface area contributed by atoms with Gasteiger partial charge in [0, 0.05) is 0 Å². The fourth-order valence-electron chi connectivity index (χ4n) is 1.38. The van der Waals surface area contributed by atoms with Gasteiger partial charge >= 0.3 is 5.97 Å². The second-order valence-electron chi connectivity index (χ2n) is 3.97. The molecule has 1 N–H and O–H groups in total. The average molecular weight is 184 g/mol. The third-order valence-electron chi connectivity index (χ3n) is 2.30. The first-order chi connectivity index (χ1) is 5.96. The number of ether oxygens (including phenoxy) is 1. The predicted octanol–water partition coefficient (Wildman–Crippen LogP) is 1.97. The average Bonchev–Trinajstić information content (AvgIpc) is 2.62. The number of carboxylic acids is 1. The number of allylic oxidation sites excluding steroid dienone is 2. The molecule has 2 atom stereocenters. The highest BCUT2D eigenvalue weighted by atomic mass is 16.6. The van der Waals surface area contributed by atoms with Gasteiger partial charge in [0.05, 0.1) is 0 Å². The molecule has 0 saturated carbocycles. The summed E-state index contributed by atoms with van der Waals surface area (Å²) >= 11 is 0. The van der Waals surface area contributed by atoms with Crippen LogP contribution in [0.5, 0.6) is 0 Å². The molecule has 1 heterocycles. The zero-order valence-corrected chi connectivity index (χ0v) is 8.33. The molecule has 13 heavy (non-hydrogen) atoms. The Hall–Kier alpha value is -0.830. The first kappa shape index (κ1) is 10.3. The molecule has 0 aromatic heterocycles. The van der Waals surface area contributed by atoms with Crippen molar-refractivity contribution in [2.24, 2.45) is 0 Å². The summed E-state index contributed by atoms with van der Waals surface area (Å²) in [4.78, 5) is 10.5. The van der Waals surface area contributed by atoms with Crippen LogP contribution in [0.25, 0.3) is 0 Å². The highest BCUT2D eigenvalue weighted by molar-refractivity contribution is 5.77. The molecular weight excluding hydrogens is 168 g/mol. The lowest BCUT2D eigenvalue weighted by Crippen LogP contribution is -2.16. The summed E-state index contributed by atoms with van der Waals surface area (Å²) < 4.78 is 5.12. The van der Waals surface area contributed by atoms with E-state index in [1.165, 1.54) is 5.57 Å². The van der Waals surface area contributed by atoms with Gasteiger partial charge in [-0.2, -0.15) is 0 Å². The van der Waals surface area contributed by atoms with E-state index in [-0.39, 0.29) is 0 Å². The number of carboxylic acid groups (broad SMARTS) is 1. The van der Waals surface area contributed by atoms with Gasteiger partial charge in [-0.15, -0.1) is 0 Å². The van der Waals surface area contributed by atoms with Crippen LogP contribution in [0.1, 0.15) is 33.6 Å². The zero-order chi connectivity index (χ0) is 10.1. The van der Waals surface area contributed by atoms with Crippen molar-refractivity contribution in [3.05, 3.63) is 11.6 Å². The first-order valence-corrected chi connectivity index (χ1v) is 4.50. The molecule has 3 nitrogen and oxygen atoms in total. The molecule has 1 fully saturated rings. The molecule has 1 saturated heterocycles. The SMILES string of the molecule is CC(C)=CCCC1(C)OC1C(=O)O. The second-order valence-corrected chi connectivity index (χ2v) is 3.97. The van der Waals surface area contributed by atoms with E-state index in [2.05, 4.69) is 6.08 Å². The standard InChI is InChI=1S/C10H16O3/c1-7(2)5-4-6-10(3)8(13-10)9(11)12/h5,8H,4,6H2,1-3H3,(H,11,12). The first-order valence-electron chi connectivity index (χ1n) is 4.50. The molecule has 3 heteroatoms. The molecule has 2 unspecified atom stereocenters. The zero-order valence-electron chi connectivity index (χ0n) is 8.33. The Balaban J connectivity index is 2.32. The van der Waals surface area contributed by atoms with Crippen LogP contribution in [-0.4, -0.2) is 22.8 Å². The lowest BCUT2D eigenvalue weighted by Gasteiger charge is -2.01. The van der Waals surface area contributed by atoms with E-state index in [0.29, 0.717) is 0 Å². The maximum Gasteiger partial charge on any atom is 0.335 e. The maximum absolute atomic E-state index is 10.5. The molecule has 0 aliphatic carbocycles. The summed E-state index contributed by atoms with van der Waals surface area (Å²) in [7, 11) is 0. The maximum atomic E-state index is 10.5. The second kappa shape index (κ2) is 3.50. The van der Waals surface area contributed by atoms with Crippen LogP contribution in [-0.2, 0) is 9.53 Å². The van der Waals surface area contributed by atoms with Crippen LogP contribution in [0.3, 0.4) is 0 Å². The van der Waals surface area contributed by atoms with Crippen molar-refractivity contribution in [1.82, 2.24) is 0 Å². The quantitative estimate of drug-likeness (QED) is 0.537. The van der Waals surface area contributed by atoms with Crippen LogP contribution in [0.4, 0.5) is 0 Å². The molecule has 1 aliphatic rings. The van der Waals surface area contributed by atoms with Crippen LogP contribution in [0, 0.1) is 0 Å². The Morgan fingerprint density at radius 3 is 2.62 bits per heavy atom. The summed E-state index contributed by atoms with van der Waals surface area (Å²) in [6, 6.07) is 0. The molecule has 74 valence electrons. The number of rotatable bonds is 4. The normalized spacial score (nSPS) is 31.2. The van der Waals surface area contributed by atoms with Crippen molar-refractivity contribution >= 4 is 5.97 Å². The summed E-state index contributed by atoms with van der Waals surface area (Å²) in [5, 5.41) is 8.66. The highest BCUT2D eigenvalue weighted by Crippen LogP contribution is 2.40. The predicted molar refractivity (Wildman–Crippen MR) is 49.6 cm³/mol. The lowest BCUT2D eigenvalue weighted by atomic mass is 10.0. The molecule has 0 aromatic rings. The van der Waals surface area contributed by atoms with Crippen LogP contribution < -0.4 is 0 Å². The number of epoxide rings is 1. The van der Waals surface area contributed by atoms with Crippen LogP contribution >= 0.6 is 0 Å². The van der Waals surface area contributed by atoms with Gasteiger partial charge in [-0.3, -0.25) is 0 Å². The van der Waals surface area contributed by atoms with E-state index in [0.717, 1.165) is 12.8 Å². The Morgan fingerprint density at radius 2 is 2.23 bits per heavy atom. The monoisotopic (exact) mass is 184 g/mol. The number of hydrogen-bond donors (Lipinski definition) is 1. The summed E-state index contributed by atoms with van der Waals surface area (Å²) in [5.74, 6) is -0.847. The number of carbonyl (C=O) groups is 1. The van der Waals surface area contributed by atoms with Gasteiger partial charge < -0.3 is 9.84 Å². The van der Waals surface area contributed by atoms with Crippen molar-refractivity contribution in [3.63, 3.8) is 0 Å². The molecule has 0 radical (unpaired) electrons. The topological polar surface area (TPSA) is 49.8 Å². The fraction of sp³-hybridized carbons (Fsp3) is 0.700. The Bertz CT molecular complexity index is 241. The molecule has 1 rings (SSSR count). The minimum absolute atomic E-state index is 0.419. The van der Waals surface area contributed by atoms with Gasteiger partial charge in [0.25, 0.3) is 0 Å². The van der Waals surface area contributed by atoms with Gasteiger partial charge in [-0.1, -0.05) is 11.6 Å². The Kier molecular flexibility index (Phi) is 2.76. The van der Waals surface area contributed by atoms with E-state index in [9.17, 15) is 4.79 Å². The number of aliphatic carboxylic acids is 1. The van der Waals surface area contributed by atoms with Gasteiger partial charge in [0.15, 0.2) is 6.10 Å². The van der Waals surface area contributed by atoms with E-state index in [1.807, 2.05) is 20.8 Å². The van der Waals surface area contributed by atoms with Crippen molar-refractivity contribution in [2.75, 3.05) is 0 Å². The van der Waals surface area contributed by atoms with E-state index in [1.54, 1.807) is 0 Å². The van der Waals surface area contributed by atoms with Crippen molar-refractivity contribution in [3.8, 4) is 0 Å². The third kappa shape index (κ3) is 2.56. The van der Waals surface area contributed by atoms with Gasteiger partial charge in [0.2, 0.25) is 0 Å².